The van der Waals surface area contributed by atoms with Crippen LogP contribution in [0.5, 0.6) is 5.75 Å². The van der Waals surface area contributed by atoms with Crippen molar-refractivity contribution >= 4 is 5.97 Å². The van der Waals surface area contributed by atoms with Crippen molar-refractivity contribution in [1.29, 1.82) is 0 Å². The van der Waals surface area contributed by atoms with E-state index in [0.717, 1.165) is 6.92 Å². The van der Waals surface area contributed by atoms with Crippen LogP contribution in [0.1, 0.15) is 23.6 Å². The van der Waals surface area contributed by atoms with Crippen LogP contribution in [0.15, 0.2) is 12.1 Å². The molecule has 106 valence electrons. The van der Waals surface area contributed by atoms with Gasteiger partial charge in [-0.2, -0.15) is 0 Å². The van der Waals surface area contributed by atoms with Gasteiger partial charge in [0.1, 0.15) is 11.8 Å². The van der Waals surface area contributed by atoms with Crippen molar-refractivity contribution in [2.24, 2.45) is 5.73 Å². The SMILES string of the molecule is COc1c(C(C)(F)F)ccc(C)c1CC(N)C(=O)O. The Balaban J connectivity index is 3.33. The number of alkyl halides is 2. The first-order chi connectivity index (χ1) is 8.68. The predicted octanol–water partition coefficient (Wildman–Crippen LogP) is 2.07. The average Bonchev–Trinajstić information content (AvgIpc) is 2.29. The molecule has 6 heteroatoms. The van der Waals surface area contributed by atoms with Crippen molar-refractivity contribution in [3.8, 4) is 5.75 Å². The lowest BCUT2D eigenvalue weighted by Gasteiger charge is -2.20. The van der Waals surface area contributed by atoms with Gasteiger partial charge in [0.25, 0.3) is 5.92 Å². The predicted molar refractivity (Wildman–Crippen MR) is 66.6 cm³/mol. The van der Waals surface area contributed by atoms with E-state index in [1.165, 1.54) is 19.2 Å². The van der Waals surface area contributed by atoms with Crippen LogP contribution < -0.4 is 10.5 Å². The Labute approximate surface area is 110 Å². The fourth-order valence-electron chi connectivity index (χ4n) is 1.87. The number of hydrogen-bond acceptors (Lipinski definition) is 3. The van der Waals surface area contributed by atoms with Gasteiger partial charge in [-0.1, -0.05) is 6.07 Å². The zero-order valence-electron chi connectivity index (χ0n) is 11.0. The Morgan fingerprint density at radius 2 is 2.11 bits per heavy atom. The quantitative estimate of drug-likeness (QED) is 0.861. The molecular formula is C13H17F2NO3. The van der Waals surface area contributed by atoms with E-state index in [9.17, 15) is 13.6 Å². The zero-order valence-corrected chi connectivity index (χ0v) is 11.0. The summed E-state index contributed by atoms with van der Waals surface area (Å²) in [7, 11) is 1.28. The highest BCUT2D eigenvalue weighted by Gasteiger charge is 2.31. The van der Waals surface area contributed by atoms with Crippen molar-refractivity contribution in [1.82, 2.24) is 0 Å². The molecule has 0 aliphatic carbocycles. The second-order valence-corrected chi connectivity index (χ2v) is 4.48. The summed E-state index contributed by atoms with van der Waals surface area (Å²) < 4.78 is 32.0. The summed E-state index contributed by atoms with van der Waals surface area (Å²) in [5.74, 6) is -4.25. The maximum Gasteiger partial charge on any atom is 0.320 e. The molecule has 0 fully saturated rings. The summed E-state index contributed by atoms with van der Waals surface area (Å²) in [5, 5.41) is 8.81. The highest BCUT2D eigenvalue weighted by Crippen LogP contribution is 2.38. The summed E-state index contributed by atoms with van der Waals surface area (Å²) in [6.07, 6.45) is -0.0613. The molecule has 1 atom stereocenters. The molecule has 0 aromatic heterocycles. The van der Waals surface area contributed by atoms with Gasteiger partial charge in [-0.3, -0.25) is 4.79 Å². The lowest BCUT2D eigenvalue weighted by atomic mass is 9.95. The minimum Gasteiger partial charge on any atom is -0.496 e. The van der Waals surface area contributed by atoms with E-state index in [0.29, 0.717) is 11.1 Å². The molecule has 0 aliphatic rings. The number of carboxylic acids is 1. The highest BCUT2D eigenvalue weighted by atomic mass is 19.3. The van der Waals surface area contributed by atoms with Crippen LogP contribution in [0, 0.1) is 6.92 Å². The Morgan fingerprint density at radius 1 is 1.53 bits per heavy atom. The molecule has 0 radical (unpaired) electrons. The molecule has 3 N–H and O–H groups in total. The molecule has 0 saturated carbocycles. The number of benzene rings is 1. The van der Waals surface area contributed by atoms with E-state index in [-0.39, 0.29) is 17.7 Å². The fraction of sp³-hybridized carbons (Fsp3) is 0.462. The third kappa shape index (κ3) is 3.41. The van der Waals surface area contributed by atoms with Crippen molar-refractivity contribution in [2.75, 3.05) is 7.11 Å². The van der Waals surface area contributed by atoms with Crippen LogP contribution in [0.4, 0.5) is 8.78 Å². The normalized spacial score (nSPS) is 13.2. The molecule has 0 amide bonds. The second-order valence-electron chi connectivity index (χ2n) is 4.48. The molecule has 19 heavy (non-hydrogen) atoms. The van der Waals surface area contributed by atoms with Gasteiger partial charge in [0.15, 0.2) is 0 Å². The molecule has 1 rings (SSSR count). The number of carbonyl (C=O) groups is 1. The molecule has 0 aliphatic heterocycles. The van der Waals surface area contributed by atoms with E-state index in [1.807, 2.05) is 0 Å². The maximum absolute atomic E-state index is 13.5. The summed E-state index contributed by atoms with van der Waals surface area (Å²) in [6, 6.07) is 1.64. The van der Waals surface area contributed by atoms with Gasteiger partial charge < -0.3 is 15.6 Å². The third-order valence-electron chi connectivity index (χ3n) is 2.91. The number of ether oxygens (including phenoxy) is 1. The number of aliphatic carboxylic acids is 1. The number of carboxylic acid groups (broad SMARTS) is 1. The molecule has 1 aromatic carbocycles. The molecule has 0 saturated heterocycles. The van der Waals surface area contributed by atoms with Gasteiger partial charge in [-0.15, -0.1) is 0 Å². The van der Waals surface area contributed by atoms with Crippen LogP contribution in [0.2, 0.25) is 0 Å². The first kappa shape index (κ1) is 15.4. The molecular weight excluding hydrogens is 256 g/mol. The van der Waals surface area contributed by atoms with E-state index >= 15 is 0 Å². The van der Waals surface area contributed by atoms with E-state index in [2.05, 4.69) is 0 Å². The molecule has 4 nitrogen and oxygen atoms in total. The van der Waals surface area contributed by atoms with Gasteiger partial charge in [-0.25, -0.2) is 8.78 Å². The van der Waals surface area contributed by atoms with Crippen LogP contribution in [-0.2, 0) is 17.1 Å². The summed E-state index contributed by atoms with van der Waals surface area (Å²) in [6.45, 7) is 2.46. The van der Waals surface area contributed by atoms with Crippen molar-refractivity contribution < 1.29 is 23.4 Å². The van der Waals surface area contributed by atoms with Gasteiger partial charge in [0, 0.05) is 13.3 Å². The smallest absolute Gasteiger partial charge is 0.320 e. The minimum absolute atomic E-state index is 0.00389. The van der Waals surface area contributed by atoms with Crippen LogP contribution in [0.3, 0.4) is 0 Å². The lowest BCUT2D eigenvalue weighted by molar-refractivity contribution is -0.138. The summed E-state index contributed by atoms with van der Waals surface area (Å²) in [4.78, 5) is 10.8. The Kier molecular flexibility index (Phi) is 4.47. The fourth-order valence-corrected chi connectivity index (χ4v) is 1.87. The number of aryl methyl sites for hydroxylation is 1. The Morgan fingerprint density at radius 3 is 2.53 bits per heavy atom. The molecule has 0 heterocycles. The topological polar surface area (TPSA) is 72.5 Å². The monoisotopic (exact) mass is 273 g/mol. The molecule has 0 spiro atoms. The lowest BCUT2D eigenvalue weighted by Crippen LogP contribution is -2.32. The van der Waals surface area contributed by atoms with Crippen molar-refractivity contribution in [3.05, 3.63) is 28.8 Å². The van der Waals surface area contributed by atoms with Gasteiger partial charge in [0.05, 0.1) is 12.7 Å². The van der Waals surface area contributed by atoms with E-state index in [1.54, 1.807) is 6.92 Å². The zero-order chi connectivity index (χ0) is 14.8. The third-order valence-corrected chi connectivity index (χ3v) is 2.91. The average molecular weight is 273 g/mol. The summed E-state index contributed by atoms with van der Waals surface area (Å²) in [5.41, 5.74) is 6.25. The van der Waals surface area contributed by atoms with E-state index < -0.39 is 17.9 Å². The standard InChI is InChI=1S/C13H17F2NO3/c1-7-4-5-9(13(2,14)15)11(19-3)8(7)6-10(16)12(17)18/h4-5,10H,6,16H2,1-3H3,(H,17,18). The molecule has 1 aromatic rings. The van der Waals surface area contributed by atoms with Crippen LogP contribution in [0.25, 0.3) is 0 Å². The van der Waals surface area contributed by atoms with Crippen molar-refractivity contribution in [2.45, 2.75) is 32.2 Å². The van der Waals surface area contributed by atoms with Gasteiger partial charge in [-0.05, 0) is 24.1 Å². The van der Waals surface area contributed by atoms with Crippen molar-refractivity contribution in [3.63, 3.8) is 0 Å². The number of nitrogens with two attached hydrogens (primary N) is 1. The molecule has 0 bridgehead atoms. The van der Waals surface area contributed by atoms with Crippen LogP contribution in [-0.4, -0.2) is 24.2 Å². The minimum atomic E-state index is -3.07. The Bertz CT molecular complexity index is 484. The van der Waals surface area contributed by atoms with Crippen LogP contribution >= 0.6 is 0 Å². The number of hydrogen-bond donors (Lipinski definition) is 2. The number of methoxy groups -OCH3 is 1. The Hall–Kier alpha value is -1.69. The first-order valence-electron chi connectivity index (χ1n) is 5.71. The maximum atomic E-state index is 13.5. The first-order valence-corrected chi connectivity index (χ1v) is 5.71. The summed E-state index contributed by atoms with van der Waals surface area (Å²) >= 11 is 0. The van der Waals surface area contributed by atoms with Gasteiger partial charge >= 0.3 is 5.97 Å². The van der Waals surface area contributed by atoms with E-state index in [4.69, 9.17) is 15.6 Å². The number of rotatable bonds is 5. The van der Waals surface area contributed by atoms with Gasteiger partial charge in [0.2, 0.25) is 0 Å². The largest absolute Gasteiger partial charge is 0.496 e. The second kappa shape index (κ2) is 5.52. The highest BCUT2D eigenvalue weighted by molar-refractivity contribution is 5.74. The number of halogens is 2. The molecule has 1 unspecified atom stereocenters.